The Bertz CT molecular complexity index is 518. The first-order valence-electron chi connectivity index (χ1n) is 8.33. The Morgan fingerprint density at radius 2 is 2.09 bits per heavy atom. The first-order valence-corrected chi connectivity index (χ1v) is 8.33. The van der Waals surface area contributed by atoms with E-state index in [1.807, 2.05) is 37.3 Å². The van der Waals surface area contributed by atoms with Crippen molar-refractivity contribution in [2.24, 2.45) is 5.92 Å². The molecule has 5 heteroatoms. The molecular formula is C18H26N2O3. The number of amides is 2. The van der Waals surface area contributed by atoms with Crippen molar-refractivity contribution < 1.29 is 14.7 Å². The standard InChI is InChI=1S/C18H26N2O3/c1-14(9-11-21)13-19-18(23)16-8-5-10-20(16)17(22)12-15-6-3-2-4-7-15/h2-4,6-7,14,16,21H,5,8-13H2,1H3,(H,19,23). The van der Waals surface area contributed by atoms with Gasteiger partial charge in [0.1, 0.15) is 6.04 Å². The maximum Gasteiger partial charge on any atom is 0.242 e. The molecule has 0 bridgehead atoms. The summed E-state index contributed by atoms with van der Waals surface area (Å²) in [6.07, 6.45) is 2.60. The van der Waals surface area contributed by atoms with E-state index in [2.05, 4.69) is 5.32 Å². The largest absolute Gasteiger partial charge is 0.396 e. The minimum Gasteiger partial charge on any atom is -0.396 e. The molecule has 23 heavy (non-hydrogen) atoms. The van der Waals surface area contributed by atoms with Crippen molar-refractivity contribution in [3.63, 3.8) is 0 Å². The van der Waals surface area contributed by atoms with Crippen molar-refractivity contribution in [2.45, 2.75) is 38.6 Å². The number of aliphatic hydroxyl groups excluding tert-OH is 1. The number of carbonyl (C=O) groups excluding carboxylic acids is 2. The van der Waals surface area contributed by atoms with Crippen molar-refractivity contribution in [3.8, 4) is 0 Å². The van der Waals surface area contributed by atoms with Crippen molar-refractivity contribution in [2.75, 3.05) is 19.7 Å². The minimum absolute atomic E-state index is 0.0113. The van der Waals surface area contributed by atoms with Gasteiger partial charge >= 0.3 is 0 Å². The fraction of sp³-hybridized carbons (Fsp3) is 0.556. The molecule has 0 aromatic heterocycles. The SMILES string of the molecule is CC(CCO)CNC(=O)C1CCCN1C(=O)Cc1ccccc1. The highest BCUT2D eigenvalue weighted by Crippen LogP contribution is 2.19. The Morgan fingerprint density at radius 1 is 1.35 bits per heavy atom. The van der Waals surface area contributed by atoms with Crippen LogP contribution in [0.3, 0.4) is 0 Å². The summed E-state index contributed by atoms with van der Waals surface area (Å²) in [5, 5.41) is 11.8. The third kappa shape index (κ3) is 5.06. The van der Waals surface area contributed by atoms with E-state index in [9.17, 15) is 9.59 Å². The highest BCUT2D eigenvalue weighted by Gasteiger charge is 2.33. The third-order valence-corrected chi connectivity index (χ3v) is 4.32. The number of nitrogens with one attached hydrogen (secondary N) is 1. The van der Waals surface area contributed by atoms with Crippen molar-refractivity contribution in [3.05, 3.63) is 35.9 Å². The van der Waals surface area contributed by atoms with E-state index in [-0.39, 0.29) is 30.4 Å². The molecule has 2 rings (SSSR count). The minimum atomic E-state index is -0.354. The molecular weight excluding hydrogens is 292 g/mol. The zero-order valence-electron chi connectivity index (χ0n) is 13.7. The van der Waals surface area contributed by atoms with E-state index in [4.69, 9.17) is 5.11 Å². The summed E-state index contributed by atoms with van der Waals surface area (Å²) in [6.45, 7) is 3.30. The Kier molecular flexibility index (Phi) is 6.59. The average Bonchev–Trinajstić information content (AvgIpc) is 3.03. The molecule has 1 fully saturated rings. The van der Waals surface area contributed by atoms with Crippen molar-refractivity contribution >= 4 is 11.8 Å². The Morgan fingerprint density at radius 3 is 2.78 bits per heavy atom. The van der Waals surface area contributed by atoms with Crippen LogP contribution in [-0.4, -0.2) is 47.6 Å². The number of aliphatic hydroxyl groups is 1. The van der Waals surface area contributed by atoms with Gasteiger partial charge in [0, 0.05) is 19.7 Å². The molecule has 0 saturated carbocycles. The zero-order valence-corrected chi connectivity index (χ0v) is 13.7. The van der Waals surface area contributed by atoms with Crippen LogP contribution in [0.1, 0.15) is 31.7 Å². The van der Waals surface area contributed by atoms with E-state index in [1.54, 1.807) is 4.90 Å². The fourth-order valence-electron chi connectivity index (χ4n) is 2.92. The molecule has 2 N–H and O–H groups in total. The van der Waals surface area contributed by atoms with Gasteiger partial charge in [0.05, 0.1) is 6.42 Å². The lowest BCUT2D eigenvalue weighted by Crippen LogP contribution is -2.47. The van der Waals surface area contributed by atoms with Gasteiger partial charge in [0.25, 0.3) is 0 Å². The van der Waals surface area contributed by atoms with Crippen LogP contribution in [0.4, 0.5) is 0 Å². The van der Waals surface area contributed by atoms with Gasteiger partial charge in [-0.1, -0.05) is 37.3 Å². The number of rotatable bonds is 7. The Hall–Kier alpha value is -1.88. The van der Waals surface area contributed by atoms with E-state index in [0.29, 0.717) is 25.9 Å². The smallest absolute Gasteiger partial charge is 0.242 e. The zero-order chi connectivity index (χ0) is 16.7. The van der Waals surface area contributed by atoms with Crippen LogP contribution in [0.15, 0.2) is 30.3 Å². The van der Waals surface area contributed by atoms with Gasteiger partial charge < -0.3 is 15.3 Å². The van der Waals surface area contributed by atoms with Crippen LogP contribution in [0, 0.1) is 5.92 Å². The summed E-state index contributed by atoms with van der Waals surface area (Å²) in [5.74, 6) is 0.171. The highest BCUT2D eigenvalue weighted by atomic mass is 16.3. The summed E-state index contributed by atoms with van der Waals surface area (Å²) in [4.78, 5) is 26.5. The molecule has 126 valence electrons. The molecule has 1 aromatic rings. The first kappa shape index (κ1) is 17.5. The van der Waals surface area contributed by atoms with Gasteiger partial charge in [-0.25, -0.2) is 0 Å². The molecule has 0 spiro atoms. The predicted molar refractivity (Wildman–Crippen MR) is 88.8 cm³/mol. The van der Waals surface area contributed by atoms with E-state index in [1.165, 1.54) is 0 Å². The van der Waals surface area contributed by atoms with Crippen LogP contribution in [0.5, 0.6) is 0 Å². The molecule has 0 radical (unpaired) electrons. The van der Waals surface area contributed by atoms with E-state index < -0.39 is 0 Å². The number of carbonyl (C=O) groups is 2. The van der Waals surface area contributed by atoms with Gasteiger partial charge in [0.2, 0.25) is 11.8 Å². The van der Waals surface area contributed by atoms with Gasteiger partial charge in [0.15, 0.2) is 0 Å². The van der Waals surface area contributed by atoms with Gasteiger partial charge in [-0.3, -0.25) is 9.59 Å². The predicted octanol–water partition coefficient (Wildman–Crippen LogP) is 1.35. The average molecular weight is 318 g/mol. The molecule has 1 saturated heterocycles. The molecule has 1 aliphatic rings. The molecule has 2 atom stereocenters. The number of likely N-dealkylation sites (tertiary alicyclic amines) is 1. The molecule has 1 heterocycles. The Labute approximate surface area is 137 Å². The van der Waals surface area contributed by atoms with Crippen molar-refractivity contribution in [1.29, 1.82) is 0 Å². The van der Waals surface area contributed by atoms with Gasteiger partial charge in [-0.05, 0) is 30.7 Å². The second-order valence-corrected chi connectivity index (χ2v) is 6.27. The molecule has 2 amide bonds. The van der Waals surface area contributed by atoms with Gasteiger partial charge in [-0.2, -0.15) is 0 Å². The maximum absolute atomic E-state index is 12.5. The summed E-state index contributed by atoms with van der Waals surface area (Å²) >= 11 is 0. The van der Waals surface area contributed by atoms with Crippen LogP contribution in [0.25, 0.3) is 0 Å². The maximum atomic E-state index is 12.5. The van der Waals surface area contributed by atoms with Gasteiger partial charge in [-0.15, -0.1) is 0 Å². The fourth-order valence-corrected chi connectivity index (χ4v) is 2.92. The number of hydrogen-bond donors (Lipinski definition) is 2. The molecule has 0 aliphatic carbocycles. The molecule has 1 aliphatic heterocycles. The number of hydrogen-bond acceptors (Lipinski definition) is 3. The monoisotopic (exact) mass is 318 g/mol. The Balaban J connectivity index is 1.88. The van der Waals surface area contributed by atoms with Crippen LogP contribution in [0.2, 0.25) is 0 Å². The molecule has 1 aromatic carbocycles. The van der Waals surface area contributed by atoms with E-state index in [0.717, 1.165) is 18.4 Å². The van der Waals surface area contributed by atoms with Crippen LogP contribution >= 0.6 is 0 Å². The molecule has 5 nitrogen and oxygen atoms in total. The lowest BCUT2D eigenvalue weighted by molar-refractivity contribution is -0.138. The summed E-state index contributed by atoms with van der Waals surface area (Å²) in [7, 11) is 0. The lowest BCUT2D eigenvalue weighted by atomic mass is 10.1. The second-order valence-electron chi connectivity index (χ2n) is 6.27. The van der Waals surface area contributed by atoms with E-state index >= 15 is 0 Å². The number of benzene rings is 1. The summed E-state index contributed by atoms with van der Waals surface area (Å²) in [5.41, 5.74) is 0.972. The summed E-state index contributed by atoms with van der Waals surface area (Å²) < 4.78 is 0. The number of nitrogens with zero attached hydrogens (tertiary/aromatic N) is 1. The topological polar surface area (TPSA) is 69.6 Å². The highest BCUT2D eigenvalue weighted by molar-refractivity contribution is 5.89. The van der Waals surface area contributed by atoms with Crippen LogP contribution in [-0.2, 0) is 16.0 Å². The normalized spacial score (nSPS) is 18.7. The third-order valence-electron chi connectivity index (χ3n) is 4.32. The molecule has 2 unspecified atom stereocenters. The van der Waals surface area contributed by atoms with Crippen LogP contribution < -0.4 is 5.32 Å². The quantitative estimate of drug-likeness (QED) is 0.797. The summed E-state index contributed by atoms with van der Waals surface area (Å²) in [6, 6.07) is 9.26. The lowest BCUT2D eigenvalue weighted by Gasteiger charge is -2.24. The van der Waals surface area contributed by atoms with Crippen molar-refractivity contribution in [1.82, 2.24) is 10.2 Å². The first-order chi connectivity index (χ1) is 11.1. The second kappa shape index (κ2) is 8.67.